The number of pyridine rings is 1. The smallest absolute Gasteiger partial charge is 0.146 e. The summed E-state index contributed by atoms with van der Waals surface area (Å²) in [5.41, 5.74) is 10.1. The fourth-order valence-corrected chi connectivity index (χ4v) is 2.47. The van der Waals surface area contributed by atoms with Crippen molar-refractivity contribution in [3.8, 4) is 0 Å². The third-order valence-electron chi connectivity index (χ3n) is 3.39. The molecule has 0 spiro atoms. The second-order valence-corrected chi connectivity index (χ2v) is 4.75. The normalized spacial score (nSPS) is 10.7. The number of rotatable bonds is 4. The van der Waals surface area contributed by atoms with Crippen LogP contribution in [0.5, 0.6) is 0 Å². The molecule has 4 heteroatoms. The van der Waals surface area contributed by atoms with Crippen LogP contribution in [0.1, 0.15) is 23.9 Å². The molecule has 2 aromatic rings. The van der Waals surface area contributed by atoms with Crippen LogP contribution in [0.15, 0.2) is 30.3 Å². The molecule has 1 aromatic carbocycles. The van der Waals surface area contributed by atoms with Crippen LogP contribution in [-0.4, -0.2) is 11.5 Å². The Labute approximate surface area is 119 Å². The van der Waals surface area contributed by atoms with Crippen LogP contribution in [-0.2, 0) is 6.54 Å². The van der Waals surface area contributed by atoms with Crippen LogP contribution in [0, 0.1) is 19.7 Å². The van der Waals surface area contributed by atoms with Crippen molar-refractivity contribution < 1.29 is 4.39 Å². The fourth-order valence-electron chi connectivity index (χ4n) is 2.47. The topological polar surface area (TPSA) is 42.2 Å². The molecule has 106 valence electrons. The van der Waals surface area contributed by atoms with Gasteiger partial charge in [-0.15, -0.1) is 0 Å². The van der Waals surface area contributed by atoms with Gasteiger partial charge in [-0.1, -0.05) is 12.1 Å². The third-order valence-corrected chi connectivity index (χ3v) is 3.39. The Morgan fingerprint density at radius 2 is 1.90 bits per heavy atom. The van der Waals surface area contributed by atoms with E-state index in [9.17, 15) is 4.39 Å². The lowest BCUT2D eigenvalue weighted by atomic mass is 10.1. The van der Waals surface area contributed by atoms with Gasteiger partial charge >= 0.3 is 0 Å². The summed E-state index contributed by atoms with van der Waals surface area (Å²) in [4.78, 5) is 6.38. The number of nitrogens with zero attached hydrogens (tertiary/aromatic N) is 2. The average Bonchev–Trinajstić information content (AvgIpc) is 2.41. The van der Waals surface area contributed by atoms with Crippen LogP contribution in [0.4, 0.5) is 15.8 Å². The lowest BCUT2D eigenvalue weighted by molar-refractivity contribution is 0.625. The molecule has 0 radical (unpaired) electrons. The fraction of sp³-hybridized carbons (Fsp3) is 0.312. The van der Waals surface area contributed by atoms with Gasteiger partial charge in [0.05, 0.1) is 5.69 Å². The predicted octanol–water partition coefficient (Wildman–Crippen LogP) is 3.45. The van der Waals surface area contributed by atoms with Crippen LogP contribution < -0.4 is 10.6 Å². The number of benzene rings is 1. The second-order valence-electron chi connectivity index (χ2n) is 4.75. The zero-order valence-electron chi connectivity index (χ0n) is 12.2. The summed E-state index contributed by atoms with van der Waals surface area (Å²) in [6, 6.07) is 8.75. The minimum Gasteiger partial charge on any atom is -0.339 e. The van der Waals surface area contributed by atoms with E-state index in [1.807, 2.05) is 37.8 Å². The third kappa shape index (κ3) is 2.65. The number of halogens is 1. The molecule has 20 heavy (non-hydrogen) atoms. The lowest BCUT2D eigenvalue weighted by Crippen LogP contribution is -2.21. The van der Waals surface area contributed by atoms with Crippen molar-refractivity contribution in [1.82, 2.24) is 4.98 Å². The maximum Gasteiger partial charge on any atom is 0.146 e. The summed E-state index contributed by atoms with van der Waals surface area (Å²) in [5.74, 6) is -0.232. The first-order chi connectivity index (χ1) is 9.58. The van der Waals surface area contributed by atoms with Crippen molar-refractivity contribution in [2.24, 2.45) is 5.73 Å². The average molecular weight is 273 g/mol. The molecular formula is C16H20FN3. The van der Waals surface area contributed by atoms with Crippen molar-refractivity contribution in [3.05, 3.63) is 53.1 Å². The largest absolute Gasteiger partial charge is 0.339 e. The minimum absolute atomic E-state index is 0.232. The first-order valence-electron chi connectivity index (χ1n) is 6.77. The van der Waals surface area contributed by atoms with Gasteiger partial charge in [-0.05, 0) is 39.0 Å². The molecule has 2 N–H and O–H groups in total. The summed E-state index contributed by atoms with van der Waals surface area (Å²) < 4.78 is 14.1. The molecule has 0 aliphatic rings. The predicted molar refractivity (Wildman–Crippen MR) is 80.7 cm³/mol. The van der Waals surface area contributed by atoms with Crippen molar-refractivity contribution in [2.45, 2.75) is 27.3 Å². The molecule has 0 aliphatic carbocycles. The Hall–Kier alpha value is -1.94. The molecule has 0 atom stereocenters. The van der Waals surface area contributed by atoms with E-state index >= 15 is 0 Å². The molecule has 1 heterocycles. The van der Waals surface area contributed by atoms with E-state index in [1.165, 1.54) is 6.07 Å². The molecule has 0 aliphatic heterocycles. The summed E-state index contributed by atoms with van der Waals surface area (Å²) in [5, 5.41) is 0. The Balaban J connectivity index is 2.61. The zero-order chi connectivity index (χ0) is 14.7. The van der Waals surface area contributed by atoms with E-state index in [1.54, 1.807) is 12.1 Å². The molecule has 0 bridgehead atoms. The van der Waals surface area contributed by atoms with Crippen molar-refractivity contribution in [2.75, 3.05) is 11.4 Å². The van der Waals surface area contributed by atoms with Crippen LogP contribution in [0.25, 0.3) is 0 Å². The van der Waals surface area contributed by atoms with Gasteiger partial charge in [-0.25, -0.2) is 4.39 Å². The van der Waals surface area contributed by atoms with E-state index in [0.29, 0.717) is 18.8 Å². The maximum atomic E-state index is 14.1. The molecular weight excluding hydrogens is 253 g/mol. The van der Waals surface area contributed by atoms with Crippen molar-refractivity contribution >= 4 is 11.4 Å². The molecule has 0 fully saturated rings. The maximum absolute atomic E-state index is 14.1. The first-order valence-corrected chi connectivity index (χ1v) is 6.77. The van der Waals surface area contributed by atoms with Gasteiger partial charge in [0.25, 0.3) is 0 Å². The Morgan fingerprint density at radius 3 is 2.50 bits per heavy atom. The minimum atomic E-state index is -0.232. The number of nitrogens with two attached hydrogens (primary N) is 1. The van der Waals surface area contributed by atoms with Gasteiger partial charge < -0.3 is 10.6 Å². The van der Waals surface area contributed by atoms with Gasteiger partial charge in [0.1, 0.15) is 5.82 Å². The van der Waals surface area contributed by atoms with Gasteiger partial charge in [0, 0.05) is 35.7 Å². The number of aryl methyl sites for hydroxylation is 2. The number of hydrogen-bond donors (Lipinski definition) is 1. The second kappa shape index (κ2) is 6.01. The summed E-state index contributed by atoms with van der Waals surface area (Å²) in [7, 11) is 0. The quantitative estimate of drug-likeness (QED) is 0.927. The molecule has 1 aromatic heterocycles. The van der Waals surface area contributed by atoms with Crippen molar-refractivity contribution in [3.63, 3.8) is 0 Å². The van der Waals surface area contributed by atoms with Crippen LogP contribution >= 0.6 is 0 Å². The molecule has 0 amide bonds. The number of para-hydroxylation sites is 1. The highest BCUT2D eigenvalue weighted by Gasteiger charge is 2.17. The van der Waals surface area contributed by atoms with E-state index in [0.717, 1.165) is 22.6 Å². The zero-order valence-corrected chi connectivity index (χ0v) is 12.2. The van der Waals surface area contributed by atoms with Crippen LogP contribution in [0.3, 0.4) is 0 Å². The summed E-state index contributed by atoms with van der Waals surface area (Å²) in [6.45, 7) is 6.92. The highest BCUT2D eigenvalue weighted by Crippen LogP contribution is 2.31. The molecule has 2 rings (SSSR count). The Morgan fingerprint density at radius 1 is 1.20 bits per heavy atom. The molecule has 3 nitrogen and oxygen atoms in total. The Bertz CT molecular complexity index is 611. The Kier molecular flexibility index (Phi) is 4.35. The van der Waals surface area contributed by atoms with Gasteiger partial charge in [-0.2, -0.15) is 0 Å². The van der Waals surface area contributed by atoms with Gasteiger partial charge in [0.2, 0.25) is 0 Å². The molecule has 0 unspecified atom stereocenters. The lowest BCUT2D eigenvalue weighted by Gasteiger charge is -2.27. The first kappa shape index (κ1) is 14.5. The highest BCUT2D eigenvalue weighted by atomic mass is 19.1. The number of anilines is 2. The summed E-state index contributed by atoms with van der Waals surface area (Å²) >= 11 is 0. The van der Waals surface area contributed by atoms with E-state index in [-0.39, 0.29) is 5.82 Å². The standard InChI is InChI=1S/C16H20FN3/c1-4-20(15-8-6-5-7-14(15)17)16-9-11(2)19-12(3)13(16)10-18/h5-9H,4,10,18H2,1-3H3. The monoisotopic (exact) mass is 273 g/mol. The van der Waals surface area contributed by atoms with E-state index in [2.05, 4.69) is 4.98 Å². The molecule has 0 saturated carbocycles. The van der Waals surface area contributed by atoms with Gasteiger partial charge in [0.15, 0.2) is 0 Å². The van der Waals surface area contributed by atoms with E-state index in [4.69, 9.17) is 5.73 Å². The number of hydrogen-bond acceptors (Lipinski definition) is 3. The van der Waals surface area contributed by atoms with Crippen LogP contribution in [0.2, 0.25) is 0 Å². The van der Waals surface area contributed by atoms with E-state index < -0.39 is 0 Å². The SMILES string of the molecule is CCN(c1ccccc1F)c1cc(C)nc(C)c1CN. The highest BCUT2D eigenvalue weighted by molar-refractivity contribution is 5.68. The van der Waals surface area contributed by atoms with Gasteiger partial charge in [-0.3, -0.25) is 4.98 Å². The van der Waals surface area contributed by atoms with Crippen molar-refractivity contribution in [1.29, 1.82) is 0 Å². The molecule has 0 saturated heterocycles. The summed E-state index contributed by atoms with van der Waals surface area (Å²) in [6.07, 6.45) is 0. The number of aromatic nitrogens is 1.